The molecule has 1 rings (SSSR count). The van der Waals surface area contributed by atoms with Crippen LogP contribution in [0, 0.1) is 24.0 Å². The molecule has 1 N–H and O–H groups in total. The van der Waals surface area contributed by atoms with Gasteiger partial charge in [-0.15, -0.1) is 0 Å². The van der Waals surface area contributed by atoms with Crippen LogP contribution in [0.15, 0.2) is 0 Å². The van der Waals surface area contributed by atoms with E-state index in [1.165, 1.54) is 0 Å². The second kappa shape index (κ2) is 5.42. The van der Waals surface area contributed by atoms with E-state index in [0.717, 1.165) is 16.8 Å². The van der Waals surface area contributed by atoms with E-state index in [1.54, 1.807) is 27.7 Å². The van der Waals surface area contributed by atoms with E-state index in [9.17, 15) is 14.9 Å². The van der Waals surface area contributed by atoms with Gasteiger partial charge >= 0.3 is 5.97 Å². The van der Waals surface area contributed by atoms with Gasteiger partial charge in [0, 0.05) is 10.6 Å². The van der Waals surface area contributed by atoms with Crippen LogP contribution in [0.4, 0.5) is 0 Å². The number of H-pyrrole nitrogens is 1. The van der Waals surface area contributed by atoms with E-state index in [2.05, 4.69) is 4.98 Å². The Hall–Kier alpha value is -1.85. The molecule has 6 nitrogen and oxygen atoms in total. The highest BCUT2D eigenvalue weighted by atomic mass is 16.6. The van der Waals surface area contributed by atoms with Crippen LogP contribution in [0.3, 0.4) is 0 Å². The molecule has 1 aromatic heterocycles. The zero-order valence-electron chi connectivity index (χ0n) is 12.0. The molecule has 0 aliphatic carbocycles. The average Bonchev–Trinajstić information content (AvgIpc) is 2.51. The first-order valence-corrected chi connectivity index (χ1v) is 6.15. The van der Waals surface area contributed by atoms with Crippen molar-refractivity contribution < 1.29 is 14.5 Å². The smallest absolute Gasteiger partial charge is 0.355 e. The van der Waals surface area contributed by atoms with Gasteiger partial charge in [-0.05, 0) is 45.7 Å². The molecule has 1 aromatic rings. The first-order valence-electron chi connectivity index (χ1n) is 6.15. The van der Waals surface area contributed by atoms with Gasteiger partial charge in [0.25, 0.3) is 0 Å². The number of ether oxygens (including phenoxy) is 1. The Bertz CT molecular complexity index is 497. The van der Waals surface area contributed by atoms with Crippen molar-refractivity contribution in [2.45, 2.75) is 46.6 Å². The van der Waals surface area contributed by atoms with Gasteiger partial charge in [-0.3, -0.25) is 10.1 Å². The minimum atomic E-state index is -0.566. The maximum absolute atomic E-state index is 12.0. The lowest BCUT2D eigenvalue weighted by Crippen LogP contribution is -2.24. The lowest BCUT2D eigenvalue weighted by molar-refractivity contribution is -0.479. The molecule has 0 amide bonds. The summed E-state index contributed by atoms with van der Waals surface area (Å²) in [4.78, 5) is 25.0. The summed E-state index contributed by atoms with van der Waals surface area (Å²) < 4.78 is 5.29. The Morgan fingerprint density at radius 1 is 1.32 bits per heavy atom. The minimum absolute atomic E-state index is 0.158. The van der Waals surface area contributed by atoms with Crippen LogP contribution >= 0.6 is 0 Å². The van der Waals surface area contributed by atoms with E-state index in [1.807, 2.05) is 6.92 Å². The number of aromatic amines is 1. The molecule has 106 valence electrons. The van der Waals surface area contributed by atoms with Crippen LogP contribution < -0.4 is 0 Å². The van der Waals surface area contributed by atoms with Gasteiger partial charge in [0.2, 0.25) is 6.54 Å². The molecule has 0 atom stereocenters. The van der Waals surface area contributed by atoms with Gasteiger partial charge in [-0.2, -0.15) is 0 Å². The predicted octanol–water partition coefficient (Wildman–Crippen LogP) is 2.41. The van der Waals surface area contributed by atoms with Crippen LogP contribution in [-0.2, 0) is 11.2 Å². The Labute approximate surface area is 112 Å². The largest absolute Gasteiger partial charge is 0.455 e. The van der Waals surface area contributed by atoms with Crippen LogP contribution in [0.2, 0.25) is 0 Å². The molecular weight excluding hydrogens is 248 g/mol. The highest BCUT2D eigenvalue weighted by Crippen LogP contribution is 2.20. The lowest BCUT2D eigenvalue weighted by Gasteiger charge is -2.19. The van der Waals surface area contributed by atoms with Gasteiger partial charge < -0.3 is 9.72 Å². The van der Waals surface area contributed by atoms with Crippen molar-refractivity contribution in [2.24, 2.45) is 0 Å². The number of carbonyl (C=O) groups excluding carboxylic acids is 1. The fourth-order valence-corrected chi connectivity index (χ4v) is 1.74. The minimum Gasteiger partial charge on any atom is -0.455 e. The van der Waals surface area contributed by atoms with Gasteiger partial charge in [0.1, 0.15) is 11.3 Å². The number of hydrogen-bond acceptors (Lipinski definition) is 4. The molecule has 0 bridgehead atoms. The molecule has 0 spiro atoms. The highest BCUT2D eigenvalue weighted by Gasteiger charge is 2.23. The summed E-state index contributed by atoms with van der Waals surface area (Å²) in [5.74, 6) is -0.430. The molecule has 0 aromatic carbocycles. The first kappa shape index (κ1) is 15.2. The summed E-state index contributed by atoms with van der Waals surface area (Å²) in [5.41, 5.74) is 2.19. The SMILES string of the molecule is Cc1c(CC[N+](=O)[O-])[nH]c(C(=O)OC(C)(C)C)c1C. The molecule has 0 saturated heterocycles. The molecule has 0 radical (unpaired) electrons. The van der Waals surface area contributed by atoms with Gasteiger partial charge in [0.05, 0.1) is 6.42 Å². The van der Waals surface area contributed by atoms with Gasteiger partial charge in [-0.25, -0.2) is 4.79 Å². The Balaban J connectivity index is 2.94. The molecule has 1 heterocycles. The standard InChI is InChI=1S/C13H20N2O4/c1-8-9(2)11(12(16)19-13(3,4)5)14-10(8)6-7-15(17)18/h14H,6-7H2,1-5H3. The number of nitrogens with one attached hydrogen (secondary N) is 1. The second-order valence-electron chi connectivity index (χ2n) is 5.54. The van der Waals surface area contributed by atoms with E-state index < -0.39 is 11.6 Å². The maximum atomic E-state index is 12.0. The number of nitrogens with zero attached hydrogens (tertiary/aromatic N) is 1. The molecule has 19 heavy (non-hydrogen) atoms. The van der Waals surface area contributed by atoms with Crippen molar-refractivity contribution in [1.29, 1.82) is 0 Å². The molecule has 0 aliphatic rings. The van der Waals surface area contributed by atoms with E-state index >= 15 is 0 Å². The molecule has 0 saturated carbocycles. The molecule has 0 fully saturated rings. The zero-order chi connectivity index (χ0) is 14.8. The van der Waals surface area contributed by atoms with Gasteiger partial charge in [-0.1, -0.05) is 0 Å². The van der Waals surface area contributed by atoms with Crippen LogP contribution in [-0.4, -0.2) is 28.0 Å². The number of hydrogen-bond donors (Lipinski definition) is 1. The fourth-order valence-electron chi connectivity index (χ4n) is 1.74. The van der Waals surface area contributed by atoms with Crippen molar-refractivity contribution in [3.05, 3.63) is 32.6 Å². The van der Waals surface area contributed by atoms with E-state index in [0.29, 0.717) is 5.69 Å². The lowest BCUT2D eigenvalue weighted by atomic mass is 10.1. The Kier molecular flexibility index (Phi) is 4.34. The topological polar surface area (TPSA) is 85.2 Å². The highest BCUT2D eigenvalue weighted by molar-refractivity contribution is 5.90. The summed E-state index contributed by atoms with van der Waals surface area (Å²) in [6.45, 7) is 8.88. The number of rotatable bonds is 4. The van der Waals surface area contributed by atoms with Crippen LogP contribution in [0.5, 0.6) is 0 Å². The van der Waals surface area contributed by atoms with E-state index in [-0.39, 0.29) is 17.9 Å². The fraction of sp³-hybridized carbons (Fsp3) is 0.615. The van der Waals surface area contributed by atoms with Crippen LogP contribution in [0.1, 0.15) is 48.1 Å². The molecular formula is C13H20N2O4. The number of esters is 1. The molecule has 6 heteroatoms. The van der Waals surface area contributed by atoms with Crippen molar-refractivity contribution in [2.75, 3.05) is 6.54 Å². The third-order valence-electron chi connectivity index (χ3n) is 2.81. The summed E-state index contributed by atoms with van der Waals surface area (Å²) >= 11 is 0. The molecule has 0 unspecified atom stereocenters. The monoisotopic (exact) mass is 268 g/mol. The predicted molar refractivity (Wildman–Crippen MR) is 71.0 cm³/mol. The summed E-state index contributed by atoms with van der Waals surface area (Å²) in [5, 5.41) is 10.4. The van der Waals surface area contributed by atoms with Crippen molar-refractivity contribution in [3.8, 4) is 0 Å². The summed E-state index contributed by atoms with van der Waals surface area (Å²) in [6, 6.07) is 0. The Morgan fingerprint density at radius 3 is 2.37 bits per heavy atom. The van der Waals surface area contributed by atoms with Crippen molar-refractivity contribution >= 4 is 5.97 Å². The Morgan fingerprint density at radius 2 is 1.89 bits per heavy atom. The first-order chi connectivity index (χ1) is 8.61. The normalized spacial score (nSPS) is 11.4. The quantitative estimate of drug-likeness (QED) is 0.516. The summed E-state index contributed by atoms with van der Waals surface area (Å²) in [6.07, 6.45) is 0.280. The molecule has 0 aliphatic heterocycles. The number of aromatic nitrogens is 1. The van der Waals surface area contributed by atoms with Crippen molar-refractivity contribution in [3.63, 3.8) is 0 Å². The van der Waals surface area contributed by atoms with Crippen molar-refractivity contribution in [1.82, 2.24) is 4.98 Å². The third-order valence-corrected chi connectivity index (χ3v) is 2.81. The number of carbonyl (C=O) groups is 1. The number of nitro groups is 1. The average molecular weight is 268 g/mol. The van der Waals surface area contributed by atoms with Crippen LogP contribution in [0.25, 0.3) is 0 Å². The maximum Gasteiger partial charge on any atom is 0.355 e. The second-order valence-corrected chi connectivity index (χ2v) is 5.54. The van der Waals surface area contributed by atoms with Gasteiger partial charge in [0.15, 0.2) is 0 Å². The third kappa shape index (κ3) is 4.08. The summed E-state index contributed by atoms with van der Waals surface area (Å²) in [7, 11) is 0. The van der Waals surface area contributed by atoms with E-state index in [4.69, 9.17) is 4.74 Å². The zero-order valence-corrected chi connectivity index (χ0v) is 12.0.